The molecular formula is C27H17Cl2FN2O3. The van der Waals surface area contributed by atoms with Gasteiger partial charge in [0.1, 0.15) is 11.9 Å². The molecule has 0 saturated carbocycles. The van der Waals surface area contributed by atoms with Gasteiger partial charge in [0.05, 0.1) is 28.6 Å². The number of halogens is 3. The Labute approximate surface area is 210 Å². The minimum Gasteiger partial charge on any atom is -0.358 e. The zero-order chi connectivity index (χ0) is 24.4. The van der Waals surface area contributed by atoms with Crippen molar-refractivity contribution in [3.05, 3.63) is 105 Å². The molecule has 0 radical (unpaired) electrons. The van der Waals surface area contributed by atoms with Crippen molar-refractivity contribution >= 4 is 52.6 Å². The molecule has 6 rings (SSSR count). The molecule has 4 atom stereocenters. The van der Waals surface area contributed by atoms with E-state index in [0.29, 0.717) is 5.02 Å². The van der Waals surface area contributed by atoms with Gasteiger partial charge in [-0.3, -0.25) is 14.4 Å². The quantitative estimate of drug-likeness (QED) is 0.346. The van der Waals surface area contributed by atoms with E-state index < -0.39 is 47.3 Å². The molecule has 8 heteroatoms. The lowest BCUT2D eigenvalue weighted by Crippen LogP contribution is -2.44. The second-order valence-corrected chi connectivity index (χ2v) is 9.63. The lowest BCUT2D eigenvalue weighted by atomic mass is 9.83. The monoisotopic (exact) mass is 506 g/mol. The fraction of sp³-hybridized carbons (Fsp3) is 0.148. The van der Waals surface area contributed by atoms with Crippen LogP contribution in [0.5, 0.6) is 0 Å². The van der Waals surface area contributed by atoms with Crippen LogP contribution in [-0.4, -0.2) is 28.5 Å². The first-order valence-corrected chi connectivity index (χ1v) is 11.8. The van der Waals surface area contributed by atoms with Crippen molar-refractivity contribution in [2.24, 2.45) is 11.8 Å². The average molecular weight is 507 g/mol. The van der Waals surface area contributed by atoms with E-state index in [1.165, 1.54) is 30.3 Å². The molecule has 35 heavy (non-hydrogen) atoms. The molecule has 3 aliphatic rings. The topological polar surface area (TPSA) is 57.7 Å². The summed E-state index contributed by atoms with van der Waals surface area (Å²) in [5.41, 5.74) is 1.82. The van der Waals surface area contributed by atoms with E-state index in [0.717, 1.165) is 16.0 Å². The number of imide groups is 1. The SMILES string of the molecule is O=C(c1ccc(Cl)cc1Cl)[C@@H]1[C@@H]2C(=O)N(c3ccccc3F)C(=O)[C@@H]2[C@H]2c3ccccc3C=CN12. The van der Waals surface area contributed by atoms with Gasteiger partial charge in [0.15, 0.2) is 5.78 Å². The van der Waals surface area contributed by atoms with Gasteiger partial charge >= 0.3 is 0 Å². The smallest absolute Gasteiger partial charge is 0.240 e. The number of hydrogen-bond acceptors (Lipinski definition) is 4. The molecule has 0 spiro atoms. The normalized spacial score (nSPS) is 24.4. The van der Waals surface area contributed by atoms with E-state index in [1.54, 1.807) is 23.2 Å². The molecule has 0 aliphatic carbocycles. The third-order valence-corrected chi connectivity index (χ3v) is 7.57. The zero-order valence-corrected chi connectivity index (χ0v) is 19.6. The van der Waals surface area contributed by atoms with Gasteiger partial charge in [0.2, 0.25) is 11.8 Å². The summed E-state index contributed by atoms with van der Waals surface area (Å²) in [5, 5.41) is 0.532. The van der Waals surface area contributed by atoms with Crippen LogP contribution in [-0.2, 0) is 9.59 Å². The number of amides is 2. The minimum absolute atomic E-state index is 0.112. The van der Waals surface area contributed by atoms with Crippen molar-refractivity contribution in [1.29, 1.82) is 0 Å². The van der Waals surface area contributed by atoms with Gasteiger partial charge in [0.25, 0.3) is 0 Å². The van der Waals surface area contributed by atoms with E-state index in [9.17, 15) is 18.8 Å². The first-order chi connectivity index (χ1) is 16.9. The molecule has 3 heterocycles. The minimum atomic E-state index is -1.01. The molecular weight excluding hydrogens is 490 g/mol. The summed E-state index contributed by atoms with van der Waals surface area (Å²) >= 11 is 12.4. The summed E-state index contributed by atoms with van der Waals surface area (Å²) in [6.45, 7) is 0. The Hall–Kier alpha value is -3.48. The Balaban J connectivity index is 1.52. The van der Waals surface area contributed by atoms with Crippen LogP contribution in [0.3, 0.4) is 0 Å². The van der Waals surface area contributed by atoms with Crippen LogP contribution in [0.25, 0.3) is 6.08 Å². The summed E-state index contributed by atoms with van der Waals surface area (Å²) in [4.78, 5) is 44.1. The molecule has 2 fully saturated rings. The molecule has 0 bridgehead atoms. The van der Waals surface area contributed by atoms with Gasteiger partial charge in [-0.1, -0.05) is 59.6 Å². The summed E-state index contributed by atoms with van der Waals surface area (Å²) < 4.78 is 14.7. The van der Waals surface area contributed by atoms with Crippen LogP contribution in [0.4, 0.5) is 10.1 Å². The number of fused-ring (bicyclic) bond motifs is 5. The van der Waals surface area contributed by atoms with E-state index in [1.807, 2.05) is 30.3 Å². The van der Waals surface area contributed by atoms with E-state index in [-0.39, 0.29) is 16.3 Å². The maximum Gasteiger partial charge on any atom is 0.240 e. The van der Waals surface area contributed by atoms with Crippen LogP contribution in [0, 0.1) is 17.7 Å². The molecule has 3 aromatic carbocycles. The molecule has 3 aromatic rings. The van der Waals surface area contributed by atoms with Crippen LogP contribution in [0.15, 0.2) is 72.9 Å². The fourth-order valence-corrected chi connectivity index (χ4v) is 6.08. The van der Waals surface area contributed by atoms with E-state index in [4.69, 9.17) is 23.2 Å². The highest BCUT2D eigenvalue weighted by atomic mass is 35.5. The van der Waals surface area contributed by atoms with Gasteiger partial charge in [-0.15, -0.1) is 0 Å². The summed E-state index contributed by atoms with van der Waals surface area (Å²) in [5.74, 6) is -4.09. The lowest BCUT2D eigenvalue weighted by molar-refractivity contribution is -0.123. The van der Waals surface area contributed by atoms with Gasteiger partial charge in [-0.05, 0) is 47.5 Å². The maximum atomic E-state index is 14.7. The number of carbonyl (C=O) groups is 3. The third-order valence-electron chi connectivity index (χ3n) is 7.02. The highest BCUT2D eigenvalue weighted by molar-refractivity contribution is 6.37. The first-order valence-electron chi connectivity index (χ1n) is 11.0. The lowest BCUT2D eigenvalue weighted by Gasteiger charge is -2.35. The summed E-state index contributed by atoms with van der Waals surface area (Å²) in [6, 6.07) is 16.2. The van der Waals surface area contributed by atoms with Gasteiger partial charge in [-0.2, -0.15) is 0 Å². The fourth-order valence-electron chi connectivity index (χ4n) is 5.58. The van der Waals surface area contributed by atoms with Crippen LogP contribution >= 0.6 is 23.2 Å². The largest absolute Gasteiger partial charge is 0.358 e. The number of hydrogen-bond donors (Lipinski definition) is 0. The number of nitrogens with zero attached hydrogens (tertiary/aromatic N) is 2. The first kappa shape index (κ1) is 22.0. The molecule has 0 aromatic heterocycles. The summed E-state index contributed by atoms with van der Waals surface area (Å²) in [6.07, 6.45) is 3.62. The number of rotatable bonds is 3. The Kier molecular flexibility index (Phi) is 5.06. The predicted molar refractivity (Wildman–Crippen MR) is 131 cm³/mol. The van der Waals surface area contributed by atoms with E-state index >= 15 is 0 Å². The Morgan fingerprint density at radius 1 is 0.886 bits per heavy atom. The van der Waals surface area contributed by atoms with Crippen molar-refractivity contribution in [3.8, 4) is 0 Å². The molecule has 0 unspecified atom stereocenters. The Morgan fingerprint density at radius 3 is 2.37 bits per heavy atom. The molecule has 0 N–H and O–H groups in total. The molecule has 5 nitrogen and oxygen atoms in total. The molecule has 2 saturated heterocycles. The summed E-state index contributed by atoms with van der Waals surface area (Å²) in [7, 11) is 0. The highest BCUT2D eigenvalue weighted by Crippen LogP contribution is 2.54. The molecule has 3 aliphatic heterocycles. The van der Waals surface area contributed by atoms with Gasteiger partial charge in [0, 0.05) is 16.8 Å². The third kappa shape index (κ3) is 3.17. The number of para-hydroxylation sites is 1. The second-order valence-electron chi connectivity index (χ2n) is 8.78. The second kappa shape index (κ2) is 8.04. The number of Topliss-reactive ketones (excluding diaryl/α,β-unsaturated/α-hetero) is 1. The predicted octanol–water partition coefficient (Wildman–Crippen LogP) is 5.53. The number of carbonyl (C=O) groups excluding carboxylic acids is 3. The van der Waals surface area contributed by atoms with Crippen molar-refractivity contribution in [1.82, 2.24) is 4.90 Å². The van der Waals surface area contributed by atoms with Gasteiger partial charge in [-0.25, -0.2) is 9.29 Å². The number of ketones is 1. The van der Waals surface area contributed by atoms with Crippen molar-refractivity contribution in [2.45, 2.75) is 12.1 Å². The number of anilines is 1. The Morgan fingerprint density at radius 2 is 1.60 bits per heavy atom. The van der Waals surface area contributed by atoms with Crippen LogP contribution in [0.1, 0.15) is 27.5 Å². The molecule has 2 amide bonds. The van der Waals surface area contributed by atoms with Crippen molar-refractivity contribution in [3.63, 3.8) is 0 Å². The molecule has 174 valence electrons. The van der Waals surface area contributed by atoms with Gasteiger partial charge < -0.3 is 4.90 Å². The Bertz CT molecular complexity index is 1460. The van der Waals surface area contributed by atoms with Crippen LogP contribution < -0.4 is 4.90 Å². The van der Waals surface area contributed by atoms with Crippen molar-refractivity contribution < 1.29 is 18.8 Å². The maximum absolute atomic E-state index is 14.7. The highest BCUT2D eigenvalue weighted by Gasteiger charge is 2.64. The standard InChI is InChI=1S/C27H17Cl2FN2O3/c28-15-9-10-17(18(29)13-15)25(33)24-22-21(23-16-6-2-1-5-14(16)11-12-31(23)24)26(34)32(27(22)35)20-8-4-3-7-19(20)30/h1-13,21-24H/t21-,22+,23+,24-/m0/s1. The number of benzene rings is 3. The zero-order valence-electron chi connectivity index (χ0n) is 18.1. The van der Waals surface area contributed by atoms with E-state index in [2.05, 4.69) is 0 Å². The van der Waals surface area contributed by atoms with Crippen molar-refractivity contribution in [2.75, 3.05) is 4.90 Å². The average Bonchev–Trinajstić information content (AvgIpc) is 3.32. The van der Waals surface area contributed by atoms with Crippen LogP contribution in [0.2, 0.25) is 10.0 Å².